The average Bonchev–Trinajstić information content (AvgIpc) is 2.94. The highest BCUT2D eigenvalue weighted by molar-refractivity contribution is 5.90. The summed E-state index contributed by atoms with van der Waals surface area (Å²) < 4.78 is 9.93. The van der Waals surface area contributed by atoms with E-state index in [1.165, 1.54) is 0 Å². The molecule has 5 heteroatoms. The van der Waals surface area contributed by atoms with Crippen LogP contribution in [0.5, 0.6) is 0 Å². The number of rotatable bonds is 4. The lowest BCUT2D eigenvalue weighted by Gasteiger charge is -2.01. The number of esters is 1. The molecule has 1 aromatic heterocycles. The second kappa shape index (κ2) is 5.65. The molecule has 2 aromatic rings. The van der Waals surface area contributed by atoms with Crippen LogP contribution in [0.25, 0.3) is 11.3 Å². The lowest BCUT2D eigenvalue weighted by atomic mass is 10.1. The van der Waals surface area contributed by atoms with Crippen LogP contribution in [0.2, 0.25) is 0 Å². The molecule has 0 unspecified atom stereocenters. The third-order valence-corrected chi connectivity index (χ3v) is 2.42. The van der Waals surface area contributed by atoms with Crippen molar-refractivity contribution in [3.63, 3.8) is 0 Å². The van der Waals surface area contributed by atoms with Gasteiger partial charge in [-0.05, 0) is 24.3 Å². The van der Waals surface area contributed by atoms with Gasteiger partial charge in [-0.2, -0.15) is 5.26 Å². The highest BCUT2D eigenvalue weighted by Crippen LogP contribution is 2.22. The highest BCUT2D eigenvalue weighted by Gasteiger charge is 2.08. The van der Waals surface area contributed by atoms with Crippen molar-refractivity contribution < 1.29 is 18.7 Å². The molecule has 0 fully saturated rings. The lowest BCUT2D eigenvalue weighted by Crippen LogP contribution is -2.04. The summed E-state index contributed by atoms with van der Waals surface area (Å²) in [5, 5.41) is 8.31. The SMILES string of the molecule is N#CCOC(=O)c1ccc(-c2ccc(C=O)o2)cc1. The van der Waals surface area contributed by atoms with Gasteiger partial charge in [-0.25, -0.2) is 4.79 Å². The maximum atomic E-state index is 11.5. The van der Waals surface area contributed by atoms with Gasteiger partial charge in [-0.15, -0.1) is 0 Å². The molecule has 0 aliphatic rings. The normalized spacial score (nSPS) is 9.63. The largest absolute Gasteiger partial charge is 0.453 e. The summed E-state index contributed by atoms with van der Waals surface area (Å²) in [6.45, 7) is -0.276. The summed E-state index contributed by atoms with van der Waals surface area (Å²) in [6, 6.07) is 11.5. The summed E-state index contributed by atoms with van der Waals surface area (Å²) in [4.78, 5) is 22.0. The minimum absolute atomic E-state index is 0.243. The second-order valence-electron chi connectivity index (χ2n) is 3.63. The van der Waals surface area contributed by atoms with Crippen molar-refractivity contribution >= 4 is 12.3 Å². The number of nitrogens with zero attached hydrogens (tertiary/aromatic N) is 1. The van der Waals surface area contributed by atoms with E-state index in [-0.39, 0.29) is 12.4 Å². The molecule has 0 aliphatic carbocycles. The molecule has 5 nitrogen and oxygen atoms in total. The second-order valence-corrected chi connectivity index (χ2v) is 3.63. The number of furan rings is 1. The third kappa shape index (κ3) is 2.87. The van der Waals surface area contributed by atoms with Gasteiger partial charge in [0.15, 0.2) is 18.7 Å². The quantitative estimate of drug-likeness (QED) is 0.619. The van der Waals surface area contributed by atoms with Gasteiger partial charge in [0.25, 0.3) is 0 Å². The molecule has 19 heavy (non-hydrogen) atoms. The van der Waals surface area contributed by atoms with Crippen molar-refractivity contribution in [3.05, 3.63) is 47.7 Å². The molecule has 94 valence electrons. The van der Waals surface area contributed by atoms with Gasteiger partial charge >= 0.3 is 5.97 Å². The minimum Gasteiger partial charge on any atom is -0.453 e. The van der Waals surface area contributed by atoms with Crippen molar-refractivity contribution in [3.8, 4) is 17.4 Å². The molecule has 0 saturated carbocycles. The van der Waals surface area contributed by atoms with E-state index in [4.69, 9.17) is 9.68 Å². The first-order valence-corrected chi connectivity index (χ1v) is 5.44. The Bertz CT molecular complexity index is 634. The zero-order valence-electron chi connectivity index (χ0n) is 9.83. The van der Waals surface area contributed by atoms with Crippen molar-refractivity contribution in [2.24, 2.45) is 0 Å². The van der Waals surface area contributed by atoms with Gasteiger partial charge in [0, 0.05) is 5.56 Å². The first-order chi connectivity index (χ1) is 9.24. The number of carbonyl (C=O) groups is 2. The average molecular weight is 255 g/mol. The van der Waals surface area contributed by atoms with E-state index in [1.54, 1.807) is 42.5 Å². The molecule has 0 radical (unpaired) electrons. The fourth-order valence-corrected chi connectivity index (χ4v) is 1.52. The van der Waals surface area contributed by atoms with Gasteiger partial charge in [0.05, 0.1) is 5.56 Å². The van der Waals surface area contributed by atoms with Crippen molar-refractivity contribution in [2.75, 3.05) is 6.61 Å². The van der Waals surface area contributed by atoms with E-state index in [0.29, 0.717) is 17.6 Å². The molecular formula is C14H9NO4. The predicted molar refractivity (Wildman–Crippen MR) is 65.4 cm³/mol. The van der Waals surface area contributed by atoms with Crippen LogP contribution in [-0.4, -0.2) is 18.9 Å². The Morgan fingerprint density at radius 2 is 2.00 bits per heavy atom. The van der Waals surface area contributed by atoms with Crippen LogP contribution in [0.1, 0.15) is 20.9 Å². The van der Waals surface area contributed by atoms with Crippen molar-refractivity contribution in [1.29, 1.82) is 5.26 Å². The number of hydrogen-bond donors (Lipinski definition) is 0. The Kier molecular flexibility index (Phi) is 3.74. The Morgan fingerprint density at radius 3 is 2.58 bits per heavy atom. The van der Waals surface area contributed by atoms with Gasteiger partial charge in [0.2, 0.25) is 0 Å². The Labute approximate surface area is 109 Å². The van der Waals surface area contributed by atoms with Crippen molar-refractivity contribution in [1.82, 2.24) is 0 Å². The van der Waals surface area contributed by atoms with Crippen LogP contribution in [-0.2, 0) is 4.74 Å². The fourth-order valence-electron chi connectivity index (χ4n) is 1.52. The molecule has 0 atom stereocenters. The van der Waals surface area contributed by atoms with E-state index >= 15 is 0 Å². The van der Waals surface area contributed by atoms with Crippen molar-refractivity contribution in [2.45, 2.75) is 0 Å². The highest BCUT2D eigenvalue weighted by atomic mass is 16.5. The first kappa shape index (κ1) is 12.6. The molecule has 0 bridgehead atoms. The molecule has 0 N–H and O–H groups in total. The zero-order chi connectivity index (χ0) is 13.7. The maximum absolute atomic E-state index is 11.5. The number of aldehydes is 1. The lowest BCUT2D eigenvalue weighted by molar-refractivity contribution is 0.0555. The monoisotopic (exact) mass is 255 g/mol. The molecule has 0 amide bonds. The van der Waals surface area contributed by atoms with Crippen LogP contribution < -0.4 is 0 Å². The number of hydrogen-bond acceptors (Lipinski definition) is 5. The first-order valence-electron chi connectivity index (χ1n) is 5.44. The van der Waals surface area contributed by atoms with Crippen LogP contribution >= 0.6 is 0 Å². The van der Waals surface area contributed by atoms with Crippen LogP contribution in [0.3, 0.4) is 0 Å². The van der Waals surface area contributed by atoms with Crippen LogP contribution in [0, 0.1) is 11.3 Å². The number of benzene rings is 1. The van der Waals surface area contributed by atoms with E-state index in [1.807, 2.05) is 0 Å². The fraction of sp³-hybridized carbons (Fsp3) is 0.0714. The van der Waals surface area contributed by atoms with E-state index in [2.05, 4.69) is 4.74 Å². The van der Waals surface area contributed by atoms with E-state index in [9.17, 15) is 9.59 Å². The molecule has 0 aliphatic heterocycles. The molecule has 2 rings (SSSR count). The minimum atomic E-state index is -0.555. The molecule has 0 saturated heterocycles. The summed E-state index contributed by atoms with van der Waals surface area (Å²) in [5.74, 6) is 0.229. The Hall–Kier alpha value is -2.87. The van der Waals surface area contributed by atoms with E-state index in [0.717, 1.165) is 5.56 Å². The Morgan fingerprint density at radius 1 is 1.26 bits per heavy atom. The summed E-state index contributed by atoms with van der Waals surface area (Å²) in [5.41, 5.74) is 1.09. The zero-order valence-corrected chi connectivity index (χ0v) is 9.83. The van der Waals surface area contributed by atoms with Gasteiger partial charge in [-0.1, -0.05) is 12.1 Å². The van der Waals surface area contributed by atoms with Gasteiger partial charge in [-0.3, -0.25) is 4.79 Å². The maximum Gasteiger partial charge on any atom is 0.339 e. The number of ether oxygens (including phenoxy) is 1. The topological polar surface area (TPSA) is 80.3 Å². The Balaban J connectivity index is 2.16. The number of carbonyl (C=O) groups excluding carboxylic acids is 2. The summed E-state index contributed by atoms with van der Waals surface area (Å²) in [7, 11) is 0. The summed E-state index contributed by atoms with van der Waals surface area (Å²) >= 11 is 0. The van der Waals surface area contributed by atoms with Crippen LogP contribution in [0.4, 0.5) is 0 Å². The molecular weight excluding hydrogens is 246 g/mol. The third-order valence-electron chi connectivity index (χ3n) is 2.42. The molecule has 1 aromatic carbocycles. The van der Waals surface area contributed by atoms with E-state index < -0.39 is 5.97 Å². The van der Waals surface area contributed by atoms with Crippen LogP contribution in [0.15, 0.2) is 40.8 Å². The molecule has 0 spiro atoms. The smallest absolute Gasteiger partial charge is 0.339 e. The van der Waals surface area contributed by atoms with Gasteiger partial charge < -0.3 is 9.15 Å². The van der Waals surface area contributed by atoms with Gasteiger partial charge in [0.1, 0.15) is 11.8 Å². The molecule has 1 heterocycles. The standard InChI is InChI=1S/C14H9NO4/c15-7-8-18-14(17)11-3-1-10(2-4-11)13-6-5-12(9-16)19-13/h1-6,9H,8H2. The predicted octanol–water partition coefficient (Wildman–Crippen LogP) is 2.44. The summed E-state index contributed by atoms with van der Waals surface area (Å²) in [6.07, 6.45) is 0.622. The number of nitriles is 1.